The highest BCUT2D eigenvalue weighted by Gasteiger charge is 2.11. The molecule has 0 amide bonds. The lowest BCUT2D eigenvalue weighted by Crippen LogP contribution is -2.30. The first-order chi connectivity index (χ1) is 5.61. The van der Waals surface area contributed by atoms with Gasteiger partial charge in [0.1, 0.15) is 0 Å². The lowest BCUT2D eigenvalue weighted by Gasteiger charge is -2.19. The highest BCUT2D eigenvalue weighted by Crippen LogP contribution is 2.17. The van der Waals surface area contributed by atoms with Crippen molar-refractivity contribution in [2.24, 2.45) is 11.7 Å². The summed E-state index contributed by atoms with van der Waals surface area (Å²) >= 11 is 1.86. The van der Waals surface area contributed by atoms with Gasteiger partial charge in [-0.15, -0.1) is 0 Å². The van der Waals surface area contributed by atoms with E-state index in [-0.39, 0.29) is 6.61 Å². The van der Waals surface area contributed by atoms with Gasteiger partial charge in [-0.05, 0) is 18.1 Å². The summed E-state index contributed by atoms with van der Waals surface area (Å²) in [5.74, 6) is 1.40. The van der Waals surface area contributed by atoms with Crippen molar-refractivity contribution in [1.29, 1.82) is 0 Å². The molecule has 0 heterocycles. The van der Waals surface area contributed by atoms with Gasteiger partial charge in [-0.25, -0.2) is 0 Å². The molecule has 0 aliphatic rings. The third-order valence-corrected chi connectivity index (χ3v) is 3.67. The van der Waals surface area contributed by atoms with Crippen LogP contribution >= 0.6 is 11.8 Å². The highest BCUT2D eigenvalue weighted by atomic mass is 32.2. The Labute approximate surface area is 79.9 Å². The summed E-state index contributed by atoms with van der Waals surface area (Å²) in [5.41, 5.74) is 5.86. The number of rotatable bonds is 6. The van der Waals surface area contributed by atoms with E-state index in [1.54, 1.807) is 0 Å². The Morgan fingerprint density at radius 2 is 2.00 bits per heavy atom. The summed E-state index contributed by atoms with van der Waals surface area (Å²) in [4.78, 5) is 0. The summed E-state index contributed by atoms with van der Waals surface area (Å²) in [6.45, 7) is 6.60. The van der Waals surface area contributed by atoms with Crippen LogP contribution in [0.3, 0.4) is 0 Å². The van der Waals surface area contributed by atoms with Gasteiger partial charge in [0.2, 0.25) is 0 Å². The fourth-order valence-electron chi connectivity index (χ4n) is 0.824. The number of hydrogen-bond donors (Lipinski definition) is 2. The van der Waals surface area contributed by atoms with E-state index in [0.29, 0.717) is 17.2 Å². The summed E-state index contributed by atoms with van der Waals surface area (Å²) in [6, 6.07) is 0.292. The largest absolute Gasteiger partial charge is 0.396 e. The molecular weight excluding hydrogens is 170 g/mol. The SMILES string of the molecule is CCC(N)C(C)SCC(C)CO. The van der Waals surface area contributed by atoms with Crippen LogP contribution in [0.1, 0.15) is 27.2 Å². The minimum absolute atomic E-state index is 0.279. The summed E-state index contributed by atoms with van der Waals surface area (Å²) < 4.78 is 0. The summed E-state index contributed by atoms with van der Waals surface area (Å²) in [7, 11) is 0. The molecule has 0 radical (unpaired) electrons. The van der Waals surface area contributed by atoms with Gasteiger partial charge in [-0.2, -0.15) is 11.8 Å². The van der Waals surface area contributed by atoms with E-state index in [1.165, 1.54) is 0 Å². The van der Waals surface area contributed by atoms with Crippen molar-refractivity contribution in [3.05, 3.63) is 0 Å². The van der Waals surface area contributed by atoms with Crippen LogP contribution in [-0.2, 0) is 0 Å². The van der Waals surface area contributed by atoms with Gasteiger partial charge in [-0.3, -0.25) is 0 Å². The molecule has 0 spiro atoms. The first-order valence-corrected chi connectivity index (χ1v) is 5.64. The van der Waals surface area contributed by atoms with Gasteiger partial charge in [0.25, 0.3) is 0 Å². The Hall–Kier alpha value is 0.270. The molecule has 0 aromatic carbocycles. The fraction of sp³-hybridized carbons (Fsp3) is 1.00. The predicted octanol–water partition coefficient (Wildman–Crippen LogP) is 1.47. The van der Waals surface area contributed by atoms with E-state index >= 15 is 0 Å². The van der Waals surface area contributed by atoms with E-state index in [4.69, 9.17) is 10.8 Å². The van der Waals surface area contributed by atoms with E-state index < -0.39 is 0 Å². The lowest BCUT2D eigenvalue weighted by molar-refractivity contribution is 0.250. The van der Waals surface area contributed by atoms with Crippen LogP contribution in [0.5, 0.6) is 0 Å². The molecule has 0 aliphatic heterocycles. The van der Waals surface area contributed by atoms with Crippen LogP contribution in [0.15, 0.2) is 0 Å². The zero-order chi connectivity index (χ0) is 9.56. The van der Waals surface area contributed by atoms with Crippen LogP contribution < -0.4 is 5.73 Å². The molecule has 0 saturated heterocycles. The third kappa shape index (κ3) is 5.01. The summed E-state index contributed by atoms with van der Waals surface area (Å²) in [5, 5.41) is 9.30. The van der Waals surface area contributed by atoms with Crippen molar-refractivity contribution in [3.8, 4) is 0 Å². The molecule has 12 heavy (non-hydrogen) atoms. The molecule has 3 atom stereocenters. The monoisotopic (exact) mass is 191 g/mol. The van der Waals surface area contributed by atoms with E-state index in [2.05, 4.69) is 20.8 Å². The molecule has 0 rings (SSSR count). The Kier molecular flexibility index (Phi) is 6.90. The van der Waals surface area contributed by atoms with Crippen LogP contribution in [0.4, 0.5) is 0 Å². The molecule has 3 unspecified atom stereocenters. The van der Waals surface area contributed by atoms with E-state index in [0.717, 1.165) is 12.2 Å². The number of aliphatic hydroxyl groups excluding tert-OH is 1. The molecule has 0 aromatic heterocycles. The molecule has 0 aliphatic carbocycles. The second kappa shape index (κ2) is 6.75. The molecule has 3 heteroatoms. The zero-order valence-corrected chi connectivity index (χ0v) is 9.10. The Balaban J connectivity index is 3.49. The summed E-state index contributed by atoms with van der Waals surface area (Å²) in [6.07, 6.45) is 1.03. The molecule has 74 valence electrons. The first kappa shape index (κ1) is 12.3. The van der Waals surface area contributed by atoms with Crippen molar-refractivity contribution in [3.63, 3.8) is 0 Å². The number of aliphatic hydroxyl groups is 1. The normalized spacial score (nSPS) is 18.8. The van der Waals surface area contributed by atoms with Crippen LogP contribution in [-0.4, -0.2) is 28.8 Å². The fourth-order valence-corrected chi connectivity index (χ4v) is 2.00. The Morgan fingerprint density at radius 3 is 2.42 bits per heavy atom. The second-order valence-corrected chi connectivity index (χ2v) is 4.81. The standard InChI is InChI=1S/C9H21NOS/c1-4-9(10)8(3)12-6-7(2)5-11/h7-9,11H,4-6,10H2,1-3H3. The van der Waals surface area contributed by atoms with E-state index in [9.17, 15) is 0 Å². The van der Waals surface area contributed by atoms with Crippen LogP contribution in [0.25, 0.3) is 0 Å². The van der Waals surface area contributed by atoms with Crippen molar-refractivity contribution in [1.82, 2.24) is 0 Å². The maximum atomic E-state index is 8.80. The topological polar surface area (TPSA) is 46.2 Å². The molecular formula is C9H21NOS. The van der Waals surface area contributed by atoms with Crippen molar-refractivity contribution >= 4 is 11.8 Å². The smallest absolute Gasteiger partial charge is 0.0464 e. The second-order valence-electron chi connectivity index (χ2n) is 3.40. The van der Waals surface area contributed by atoms with Crippen LogP contribution in [0, 0.1) is 5.92 Å². The molecule has 0 saturated carbocycles. The predicted molar refractivity (Wildman–Crippen MR) is 56.4 cm³/mol. The Bertz CT molecular complexity index is 111. The quantitative estimate of drug-likeness (QED) is 0.668. The number of thioether (sulfide) groups is 1. The van der Waals surface area contributed by atoms with Crippen molar-refractivity contribution in [2.75, 3.05) is 12.4 Å². The van der Waals surface area contributed by atoms with Gasteiger partial charge in [-0.1, -0.05) is 20.8 Å². The van der Waals surface area contributed by atoms with Gasteiger partial charge in [0.15, 0.2) is 0 Å². The van der Waals surface area contributed by atoms with Gasteiger partial charge >= 0.3 is 0 Å². The molecule has 0 bridgehead atoms. The molecule has 0 aromatic rings. The van der Waals surface area contributed by atoms with Crippen LogP contribution in [0.2, 0.25) is 0 Å². The van der Waals surface area contributed by atoms with Gasteiger partial charge in [0.05, 0.1) is 0 Å². The minimum Gasteiger partial charge on any atom is -0.396 e. The maximum Gasteiger partial charge on any atom is 0.0464 e. The number of nitrogens with two attached hydrogens (primary N) is 1. The minimum atomic E-state index is 0.279. The first-order valence-electron chi connectivity index (χ1n) is 4.59. The maximum absolute atomic E-state index is 8.80. The van der Waals surface area contributed by atoms with Gasteiger partial charge < -0.3 is 10.8 Å². The number of hydrogen-bond acceptors (Lipinski definition) is 3. The van der Waals surface area contributed by atoms with Crippen molar-refractivity contribution < 1.29 is 5.11 Å². The average Bonchev–Trinajstić information content (AvgIpc) is 2.11. The molecule has 3 N–H and O–H groups in total. The molecule has 0 fully saturated rings. The molecule has 2 nitrogen and oxygen atoms in total. The Morgan fingerprint density at radius 1 is 1.42 bits per heavy atom. The zero-order valence-electron chi connectivity index (χ0n) is 8.29. The lowest BCUT2D eigenvalue weighted by atomic mass is 10.2. The van der Waals surface area contributed by atoms with Crippen molar-refractivity contribution in [2.45, 2.75) is 38.5 Å². The van der Waals surface area contributed by atoms with E-state index in [1.807, 2.05) is 11.8 Å². The third-order valence-electron chi connectivity index (χ3n) is 2.03. The van der Waals surface area contributed by atoms with Gasteiger partial charge in [0, 0.05) is 17.9 Å². The average molecular weight is 191 g/mol. The highest BCUT2D eigenvalue weighted by molar-refractivity contribution is 7.99.